The van der Waals surface area contributed by atoms with Crippen LogP contribution in [0.15, 0.2) is 134 Å². The molecule has 1 unspecified atom stereocenters. The summed E-state index contributed by atoms with van der Waals surface area (Å²) in [5.41, 5.74) is 0. The number of carbonyl (C=O) groups is 3. The standard InChI is InChI=1S/C57H88O6/c1-4-7-10-13-15-17-19-21-23-25-27-28-30-31-33-35-37-39-41-44-47-50-56(59)62-53-54(52-61-55(58)49-46-43-12-9-6-3)63-57(60)51-48-45-42-40-38-36-34-32-29-26-24-22-20-18-16-14-11-8-5-2/h7-8,10-11,15-18,21-24,27-29,31-33,36-39,54H,4-6,9,12-14,19-20,25-26,30,34-35,40-53H2,1-3H3/b10-7-,11-8-,17-15-,18-16-,23-21-,24-22-,28-27-,32-29-,33-31-,38-36-,39-37-. The highest BCUT2D eigenvalue weighted by atomic mass is 16.6. The molecule has 0 heterocycles. The third kappa shape index (κ3) is 48.4. The van der Waals surface area contributed by atoms with E-state index < -0.39 is 6.10 Å². The molecule has 0 fully saturated rings. The lowest BCUT2D eigenvalue weighted by atomic mass is 10.1. The maximum Gasteiger partial charge on any atom is 0.306 e. The van der Waals surface area contributed by atoms with E-state index in [-0.39, 0.29) is 37.5 Å². The van der Waals surface area contributed by atoms with Crippen LogP contribution in [0.2, 0.25) is 0 Å². The topological polar surface area (TPSA) is 78.9 Å². The van der Waals surface area contributed by atoms with Gasteiger partial charge >= 0.3 is 17.9 Å². The zero-order valence-electron chi connectivity index (χ0n) is 40.0. The fourth-order valence-corrected chi connectivity index (χ4v) is 6.00. The number of unbranched alkanes of at least 4 members (excludes halogenated alkanes) is 9. The third-order valence-corrected chi connectivity index (χ3v) is 9.65. The van der Waals surface area contributed by atoms with E-state index in [0.717, 1.165) is 135 Å². The van der Waals surface area contributed by atoms with Crippen LogP contribution in [-0.2, 0) is 28.6 Å². The van der Waals surface area contributed by atoms with Crippen molar-refractivity contribution in [3.8, 4) is 0 Å². The lowest BCUT2D eigenvalue weighted by Crippen LogP contribution is -2.30. The summed E-state index contributed by atoms with van der Waals surface area (Å²) in [4.78, 5) is 37.6. The zero-order valence-corrected chi connectivity index (χ0v) is 40.0. The predicted octanol–water partition coefficient (Wildman–Crippen LogP) is 16.3. The van der Waals surface area contributed by atoms with Crippen LogP contribution < -0.4 is 0 Å². The van der Waals surface area contributed by atoms with Crippen molar-refractivity contribution in [2.75, 3.05) is 13.2 Å². The molecule has 0 N–H and O–H groups in total. The Kier molecular flexibility index (Phi) is 46.7. The van der Waals surface area contributed by atoms with E-state index in [0.29, 0.717) is 25.7 Å². The van der Waals surface area contributed by atoms with Gasteiger partial charge in [0.15, 0.2) is 6.10 Å². The zero-order chi connectivity index (χ0) is 45.8. The van der Waals surface area contributed by atoms with Crippen molar-refractivity contribution < 1.29 is 28.6 Å². The normalized spacial score (nSPS) is 13.3. The second kappa shape index (κ2) is 50.2. The molecular formula is C57H88O6. The van der Waals surface area contributed by atoms with Gasteiger partial charge in [-0.25, -0.2) is 0 Å². The summed E-state index contributed by atoms with van der Waals surface area (Å²) in [5.74, 6) is -1.02. The van der Waals surface area contributed by atoms with Gasteiger partial charge in [-0.3, -0.25) is 14.4 Å². The fourth-order valence-electron chi connectivity index (χ4n) is 6.00. The molecule has 1 atom stereocenters. The van der Waals surface area contributed by atoms with E-state index in [2.05, 4.69) is 154 Å². The minimum Gasteiger partial charge on any atom is -0.462 e. The van der Waals surface area contributed by atoms with Crippen molar-refractivity contribution in [3.63, 3.8) is 0 Å². The van der Waals surface area contributed by atoms with Crippen LogP contribution in [0.3, 0.4) is 0 Å². The summed E-state index contributed by atoms with van der Waals surface area (Å²) in [5, 5.41) is 0. The third-order valence-electron chi connectivity index (χ3n) is 9.65. The maximum absolute atomic E-state index is 12.7. The Balaban J connectivity index is 4.37. The quantitative estimate of drug-likeness (QED) is 0.0263. The number of ether oxygens (including phenoxy) is 3. The maximum atomic E-state index is 12.7. The Labute approximate surface area is 385 Å². The molecule has 0 aromatic carbocycles. The molecule has 352 valence electrons. The van der Waals surface area contributed by atoms with E-state index >= 15 is 0 Å². The molecule has 0 aromatic heterocycles. The Morgan fingerprint density at radius 2 is 0.619 bits per heavy atom. The molecule has 0 saturated carbocycles. The minimum atomic E-state index is -0.814. The van der Waals surface area contributed by atoms with E-state index in [9.17, 15) is 14.4 Å². The molecular weight excluding hydrogens is 781 g/mol. The van der Waals surface area contributed by atoms with Crippen molar-refractivity contribution in [1.29, 1.82) is 0 Å². The second-order valence-corrected chi connectivity index (χ2v) is 15.6. The van der Waals surface area contributed by atoms with Crippen molar-refractivity contribution in [2.45, 2.75) is 194 Å². The molecule has 0 aliphatic carbocycles. The molecule has 0 aliphatic rings. The van der Waals surface area contributed by atoms with Crippen LogP contribution in [0.4, 0.5) is 0 Å². The lowest BCUT2D eigenvalue weighted by molar-refractivity contribution is -0.167. The van der Waals surface area contributed by atoms with Gasteiger partial charge in [0.1, 0.15) is 13.2 Å². The summed E-state index contributed by atoms with van der Waals surface area (Å²) < 4.78 is 16.6. The molecule has 0 amide bonds. The highest BCUT2D eigenvalue weighted by Crippen LogP contribution is 2.11. The van der Waals surface area contributed by atoms with Crippen molar-refractivity contribution in [2.24, 2.45) is 0 Å². The monoisotopic (exact) mass is 869 g/mol. The number of hydrogen-bond acceptors (Lipinski definition) is 6. The summed E-state index contributed by atoms with van der Waals surface area (Å²) in [6, 6.07) is 0. The predicted molar refractivity (Wildman–Crippen MR) is 269 cm³/mol. The molecule has 0 radical (unpaired) electrons. The van der Waals surface area contributed by atoms with Gasteiger partial charge < -0.3 is 14.2 Å². The smallest absolute Gasteiger partial charge is 0.306 e. The van der Waals surface area contributed by atoms with Crippen LogP contribution in [0.5, 0.6) is 0 Å². The molecule has 0 aromatic rings. The van der Waals surface area contributed by atoms with Gasteiger partial charge in [-0.15, -0.1) is 0 Å². The molecule has 0 bridgehead atoms. The molecule has 63 heavy (non-hydrogen) atoms. The Morgan fingerprint density at radius 3 is 0.984 bits per heavy atom. The van der Waals surface area contributed by atoms with E-state index in [4.69, 9.17) is 14.2 Å². The lowest BCUT2D eigenvalue weighted by Gasteiger charge is -2.18. The van der Waals surface area contributed by atoms with Crippen LogP contribution in [0.1, 0.15) is 188 Å². The van der Waals surface area contributed by atoms with Crippen LogP contribution in [-0.4, -0.2) is 37.2 Å². The van der Waals surface area contributed by atoms with Crippen LogP contribution in [0.25, 0.3) is 0 Å². The average Bonchev–Trinajstić information content (AvgIpc) is 3.28. The number of allylic oxidation sites excluding steroid dienone is 22. The Hall–Kier alpha value is -4.45. The van der Waals surface area contributed by atoms with Gasteiger partial charge in [0, 0.05) is 19.3 Å². The van der Waals surface area contributed by atoms with Gasteiger partial charge in [-0.2, -0.15) is 0 Å². The van der Waals surface area contributed by atoms with E-state index in [1.54, 1.807) is 0 Å². The first-order chi connectivity index (χ1) is 31.0. The molecule has 6 heteroatoms. The highest BCUT2D eigenvalue weighted by molar-refractivity contribution is 5.71. The highest BCUT2D eigenvalue weighted by Gasteiger charge is 2.19. The SMILES string of the molecule is CC/C=C\C/C=C\C/C=C\C/C=C\C/C=C\C/C=C\CCCCC(=O)OCC(COC(=O)CCCCCCC)OC(=O)CCCCC/C=C\C/C=C\C/C=C\C/C=C\C/C=C\CC. The molecule has 0 saturated heterocycles. The van der Waals surface area contributed by atoms with Gasteiger partial charge in [0.05, 0.1) is 0 Å². The number of hydrogen-bond donors (Lipinski definition) is 0. The first-order valence-electron chi connectivity index (χ1n) is 24.7. The average molecular weight is 869 g/mol. The number of rotatable bonds is 42. The summed E-state index contributed by atoms with van der Waals surface area (Å²) in [7, 11) is 0. The molecule has 0 spiro atoms. The van der Waals surface area contributed by atoms with Gasteiger partial charge in [-0.05, 0) is 116 Å². The molecule has 6 nitrogen and oxygen atoms in total. The largest absolute Gasteiger partial charge is 0.462 e. The van der Waals surface area contributed by atoms with Crippen LogP contribution >= 0.6 is 0 Å². The molecule has 0 rings (SSSR count). The van der Waals surface area contributed by atoms with Crippen LogP contribution in [0, 0.1) is 0 Å². The van der Waals surface area contributed by atoms with E-state index in [1.807, 2.05) is 0 Å². The fraction of sp³-hybridized carbons (Fsp3) is 0.561. The van der Waals surface area contributed by atoms with Gasteiger partial charge in [0.25, 0.3) is 0 Å². The van der Waals surface area contributed by atoms with Crippen molar-refractivity contribution in [1.82, 2.24) is 0 Å². The summed E-state index contributed by atoms with van der Waals surface area (Å²) in [6.07, 6.45) is 70.4. The Morgan fingerprint density at radius 1 is 0.333 bits per heavy atom. The first kappa shape index (κ1) is 58.6. The number of esters is 3. The van der Waals surface area contributed by atoms with Crippen molar-refractivity contribution >= 4 is 17.9 Å². The van der Waals surface area contributed by atoms with Crippen molar-refractivity contribution in [3.05, 3.63) is 134 Å². The first-order valence-corrected chi connectivity index (χ1v) is 24.7. The van der Waals surface area contributed by atoms with Gasteiger partial charge in [0.2, 0.25) is 0 Å². The summed E-state index contributed by atoms with van der Waals surface area (Å²) in [6.45, 7) is 6.23. The number of carbonyl (C=O) groups excluding carboxylic acids is 3. The molecule has 0 aliphatic heterocycles. The second-order valence-electron chi connectivity index (χ2n) is 15.6. The van der Waals surface area contributed by atoms with E-state index in [1.165, 1.54) is 0 Å². The minimum absolute atomic E-state index is 0.112. The Bertz CT molecular complexity index is 1420. The summed E-state index contributed by atoms with van der Waals surface area (Å²) >= 11 is 0. The van der Waals surface area contributed by atoms with Gasteiger partial charge in [-0.1, -0.05) is 187 Å².